The van der Waals surface area contributed by atoms with E-state index in [-0.39, 0.29) is 0 Å². The van der Waals surface area contributed by atoms with Crippen molar-refractivity contribution in [3.63, 3.8) is 0 Å². The molecule has 0 aromatic carbocycles. The maximum Gasteiger partial charge on any atom is 0.144 e. The fourth-order valence-electron chi connectivity index (χ4n) is 3.37. The third kappa shape index (κ3) is 2.28. The minimum absolute atomic E-state index is 0.762. The lowest BCUT2D eigenvalue weighted by molar-refractivity contribution is 0.205. The smallest absolute Gasteiger partial charge is 0.144 e. The van der Waals surface area contributed by atoms with Gasteiger partial charge in [0.2, 0.25) is 0 Å². The van der Waals surface area contributed by atoms with Crippen LogP contribution in [0.25, 0.3) is 17.2 Å². The molecule has 4 heteroatoms. The molecule has 4 rings (SSSR count). The van der Waals surface area contributed by atoms with Crippen molar-refractivity contribution < 1.29 is 4.74 Å². The normalized spacial score (nSPS) is 20.9. The zero-order valence-corrected chi connectivity index (χ0v) is 12.5. The highest BCUT2D eigenvalue weighted by molar-refractivity contribution is 5.85. The van der Waals surface area contributed by atoms with Crippen LogP contribution in [0.4, 0.5) is 0 Å². The quantitative estimate of drug-likeness (QED) is 0.874. The number of hydrogen-bond acceptors (Lipinski definition) is 3. The lowest BCUT2D eigenvalue weighted by atomic mass is 10.1. The van der Waals surface area contributed by atoms with Crippen LogP contribution in [0.3, 0.4) is 0 Å². The zero-order chi connectivity index (χ0) is 14.2. The molecular weight excluding hydrogens is 262 g/mol. The highest BCUT2D eigenvalue weighted by atomic mass is 16.5. The van der Waals surface area contributed by atoms with Gasteiger partial charge in [-0.25, -0.2) is 4.98 Å². The number of aryl methyl sites for hydroxylation is 1. The Bertz CT molecular complexity index is 706. The van der Waals surface area contributed by atoms with Crippen molar-refractivity contribution in [3.8, 4) is 0 Å². The second-order valence-corrected chi connectivity index (χ2v) is 6.05. The van der Waals surface area contributed by atoms with Crippen LogP contribution < -0.4 is 5.32 Å². The van der Waals surface area contributed by atoms with Gasteiger partial charge >= 0.3 is 0 Å². The molecule has 0 bridgehead atoms. The summed E-state index contributed by atoms with van der Waals surface area (Å²) in [5.74, 6) is 0. The molecule has 0 spiro atoms. The summed E-state index contributed by atoms with van der Waals surface area (Å²) in [6.07, 6.45) is 7.57. The number of nitrogens with one attached hydrogen (secondary N) is 1. The minimum Gasteiger partial charge on any atom is -0.377 e. The van der Waals surface area contributed by atoms with Crippen molar-refractivity contribution in [1.29, 1.82) is 0 Å². The second-order valence-electron chi connectivity index (χ2n) is 6.05. The van der Waals surface area contributed by atoms with E-state index in [1.807, 2.05) is 6.20 Å². The maximum atomic E-state index is 5.49. The van der Waals surface area contributed by atoms with E-state index in [9.17, 15) is 0 Å². The molecule has 2 aliphatic rings. The number of fused-ring (bicyclic) bond motifs is 3. The summed E-state index contributed by atoms with van der Waals surface area (Å²) in [5, 5.41) is 4.84. The zero-order valence-electron chi connectivity index (χ0n) is 12.5. The molecule has 4 heterocycles. The van der Waals surface area contributed by atoms with Crippen molar-refractivity contribution in [2.75, 3.05) is 19.8 Å². The van der Waals surface area contributed by atoms with Gasteiger partial charge in [-0.3, -0.25) is 0 Å². The van der Waals surface area contributed by atoms with Gasteiger partial charge in [0.25, 0.3) is 0 Å². The number of ether oxygens (including phenoxy) is 1. The number of hydrogen-bond donors (Lipinski definition) is 1. The minimum atomic E-state index is 0.762. The van der Waals surface area contributed by atoms with Gasteiger partial charge in [0, 0.05) is 30.0 Å². The first-order valence-corrected chi connectivity index (χ1v) is 7.79. The molecule has 1 saturated heterocycles. The molecule has 0 saturated carbocycles. The average Bonchev–Trinajstić information content (AvgIpc) is 3.00. The number of rotatable bonds is 1. The molecule has 2 aliphatic heterocycles. The van der Waals surface area contributed by atoms with Crippen molar-refractivity contribution in [1.82, 2.24) is 14.9 Å². The molecule has 110 valence electrons. The van der Waals surface area contributed by atoms with Gasteiger partial charge in [0.05, 0.1) is 13.2 Å². The van der Waals surface area contributed by atoms with Crippen molar-refractivity contribution in [3.05, 3.63) is 34.7 Å². The standard InChI is InChI=1S/C17H21N3O/c1-12-7-14-15-9-18-5-2-3-16(15)20(17(14)19-8-12)10-13-4-6-21-11-13/h7-8,10,18H,2-6,9,11H2,1H3/b13-10-. The lowest BCUT2D eigenvalue weighted by Crippen LogP contribution is -2.11. The summed E-state index contributed by atoms with van der Waals surface area (Å²) in [6, 6.07) is 2.27. The number of aromatic nitrogens is 2. The maximum absolute atomic E-state index is 5.49. The summed E-state index contributed by atoms with van der Waals surface area (Å²) in [6.45, 7) is 5.77. The Balaban J connectivity index is 1.95. The predicted molar refractivity (Wildman–Crippen MR) is 84.2 cm³/mol. The van der Waals surface area contributed by atoms with Crippen LogP contribution in [-0.4, -0.2) is 29.3 Å². The Morgan fingerprint density at radius 2 is 2.33 bits per heavy atom. The van der Waals surface area contributed by atoms with Crippen molar-refractivity contribution in [2.24, 2.45) is 0 Å². The van der Waals surface area contributed by atoms with Gasteiger partial charge < -0.3 is 14.6 Å². The highest BCUT2D eigenvalue weighted by Gasteiger charge is 2.19. The van der Waals surface area contributed by atoms with E-state index < -0.39 is 0 Å². The topological polar surface area (TPSA) is 39.1 Å². The van der Waals surface area contributed by atoms with E-state index in [0.29, 0.717) is 0 Å². The fraction of sp³-hybridized carbons (Fsp3) is 0.471. The molecule has 1 fully saturated rings. The van der Waals surface area contributed by atoms with E-state index in [4.69, 9.17) is 9.72 Å². The first-order valence-electron chi connectivity index (χ1n) is 7.79. The lowest BCUT2D eigenvalue weighted by Gasteiger charge is -2.06. The Hall–Kier alpha value is -1.65. The molecule has 0 amide bonds. The molecular formula is C17H21N3O. The van der Waals surface area contributed by atoms with E-state index in [1.54, 1.807) is 0 Å². The first kappa shape index (κ1) is 13.0. The molecule has 4 nitrogen and oxygen atoms in total. The largest absolute Gasteiger partial charge is 0.377 e. The SMILES string of the molecule is Cc1cnc2c(c1)c1c(n2/C=C2/CCOC2)CCCNC1. The Morgan fingerprint density at radius 1 is 1.38 bits per heavy atom. The van der Waals surface area contributed by atoms with Crippen LogP contribution in [0.1, 0.15) is 29.7 Å². The van der Waals surface area contributed by atoms with Crippen LogP contribution >= 0.6 is 0 Å². The molecule has 2 aromatic heterocycles. The van der Waals surface area contributed by atoms with E-state index in [0.717, 1.165) is 44.8 Å². The molecule has 2 aromatic rings. The van der Waals surface area contributed by atoms with Crippen molar-refractivity contribution >= 4 is 17.2 Å². The summed E-state index contributed by atoms with van der Waals surface area (Å²) < 4.78 is 7.81. The van der Waals surface area contributed by atoms with Crippen LogP contribution in [0.15, 0.2) is 17.8 Å². The molecule has 0 aliphatic carbocycles. The van der Waals surface area contributed by atoms with Crippen LogP contribution in [0, 0.1) is 6.92 Å². The fourth-order valence-corrected chi connectivity index (χ4v) is 3.37. The predicted octanol–water partition coefficient (Wildman–Crippen LogP) is 2.64. The summed E-state index contributed by atoms with van der Waals surface area (Å²) in [7, 11) is 0. The molecule has 0 unspecified atom stereocenters. The van der Waals surface area contributed by atoms with E-state index >= 15 is 0 Å². The summed E-state index contributed by atoms with van der Waals surface area (Å²) in [5.41, 5.74) is 6.54. The first-order chi connectivity index (χ1) is 10.3. The van der Waals surface area contributed by atoms with Crippen LogP contribution in [0.2, 0.25) is 0 Å². The monoisotopic (exact) mass is 283 g/mol. The number of pyridine rings is 1. The van der Waals surface area contributed by atoms with Crippen molar-refractivity contribution in [2.45, 2.75) is 32.7 Å². The molecule has 1 N–H and O–H groups in total. The van der Waals surface area contributed by atoms with Gasteiger partial charge in [-0.2, -0.15) is 0 Å². The van der Waals surface area contributed by atoms with Gasteiger partial charge in [-0.1, -0.05) is 0 Å². The number of nitrogens with zero attached hydrogens (tertiary/aromatic N) is 2. The van der Waals surface area contributed by atoms with Gasteiger partial charge in [-0.05, 0) is 55.5 Å². The third-order valence-corrected chi connectivity index (χ3v) is 4.43. The molecule has 0 atom stereocenters. The highest BCUT2D eigenvalue weighted by Crippen LogP contribution is 2.29. The van der Waals surface area contributed by atoms with E-state index in [1.165, 1.54) is 34.2 Å². The summed E-state index contributed by atoms with van der Waals surface area (Å²) >= 11 is 0. The van der Waals surface area contributed by atoms with E-state index in [2.05, 4.69) is 29.1 Å². The Labute approximate surface area is 124 Å². The van der Waals surface area contributed by atoms with Gasteiger partial charge in [0.15, 0.2) is 0 Å². The van der Waals surface area contributed by atoms with Gasteiger partial charge in [0.1, 0.15) is 5.65 Å². The van der Waals surface area contributed by atoms with Crippen LogP contribution in [0.5, 0.6) is 0 Å². The van der Waals surface area contributed by atoms with Crippen LogP contribution in [-0.2, 0) is 17.7 Å². The second kappa shape index (κ2) is 5.28. The Kier molecular flexibility index (Phi) is 3.28. The third-order valence-electron chi connectivity index (χ3n) is 4.43. The average molecular weight is 283 g/mol. The Morgan fingerprint density at radius 3 is 3.19 bits per heavy atom. The van der Waals surface area contributed by atoms with Gasteiger partial charge in [-0.15, -0.1) is 0 Å². The summed E-state index contributed by atoms with van der Waals surface area (Å²) in [4.78, 5) is 4.71. The molecule has 21 heavy (non-hydrogen) atoms. The molecule has 0 radical (unpaired) electrons.